The Morgan fingerprint density at radius 3 is 2.37 bits per heavy atom. The van der Waals surface area contributed by atoms with Crippen molar-refractivity contribution in [3.05, 3.63) is 87.6 Å². The molecule has 1 amide bonds. The van der Waals surface area contributed by atoms with Crippen molar-refractivity contribution < 1.29 is 14.7 Å². The zero-order valence-corrected chi connectivity index (χ0v) is 20.9. The van der Waals surface area contributed by atoms with Gasteiger partial charge in [0.05, 0.1) is 12.5 Å². The van der Waals surface area contributed by atoms with Crippen LogP contribution in [0.15, 0.2) is 59.8 Å². The van der Waals surface area contributed by atoms with Gasteiger partial charge in [-0.2, -0.15) is 0 Å². The molecule has 2 heterocycles. The Bertz CT molecular complexity index is 1260. The first-order valence-electron chi connectivity index (χ1n) is 11.8. The molecule has 0 radical (unpaired) electrons. The van der Waals surface area contributed by atoms with Crippen LogP contribution < -0.4 is 10.9 Å². The average Bonchev–Trinajstić information content (AvgIpc) is 2.80. The van der Waals surface area contributed by atoms with E-state index >= 15 is 0 Å². The van der Waals surface area contributed by atoms with Crippen LogP contribution in [0.4, 0.5) is 0 Å². The molecule has 7 heteroatoms. The molecule has 3 rings (SSSR count). The van der Waals surface area contributed by atoms with E-state index in [1.54, 1.807) is 24.7 Å². The van der Waals surface area contributed by atoms with E-state index in [0.717, 1.165) is 27.8 Å². The third-order valence-electron chi connectivity index (χ3n) is 6.48. The number of carbonyl (C=O) groups is 2. The first kappa shape index (κ1) is 25.9. The fourth-order valence-electron chi connectivity index (χ4n) is 4.44. The Hall–Kier alpha value is -3.74. The number of pyridine rings is 2. The molecule has 3 atom stereocenters. The molecule has 2 unspecified atom stereocenters. The smallest absolute Gasteiger partial charge is 0.305 e. The topological polar surface area (TPSA) is 101 Å². The second-order valence-electron chi connectivity index (χ2n) is 9.21. The van der Waals surface area contributed by atoms with Gasteiger partial charge in [0.25, 0.3) is 5.56 Å². The van der Waals surface area contributed by atoms with Crippen molar-refractivity contribution in [2.45, 2.75) is 59.5 Å². The van der Waals surface area contributed by atoms with E-state index < -0.39 is 24.0 Å². The van der Waals surface area contributed by atoms with E-state index in [9.17, 15) is 19.5 Å². The molecule has 2 aromatic heterocycles. The van der Waals surface area contributed by atoms with Crippen LogP contribution >= 0.6 is 0 Å². The van der Waals surface area contributed by atoms with Crippen LogP contribution in [0, 0.1) is 26.7 Å². The second-order valence-corrected chi connectivity index (χ2v) is 9.21. The second kappa shape index (κ2) is 11.1. The molecule has 0 aliphatic heterocycles. The standard InChI is InChI=1S/C28H33N3O4/c1-6-18(3)27(31-11-10-17(2)12-24(31)32)28(35)30-23(14-25(33)34)21-13-22(16-29-15-21)26-19(4)8-7-9-20(26)5/h7-13,15-16,18,23,27H,6,14H2,1-5H3,(H,30,35)(H,33,34)/t18?,23-,27?/m0/s1. The normalized spacial score (nSPS) is 13.6. The maximum atomic E-state index is 13.5. The zero-order valence-electron chi connectivity index (χ0n) is 20.9. The van der Waals surface area contributed by atoms with Crippen molar-refractivity contribution in [2.75, 3.05) is 0 Å². The molecular weight excluding hydrogens is 442 g/mol. The molecule has 7 nitrogen and oxygen atoms in total. The number of aliphatic carboxylic acids is 1. The molecule has 0 spiro atoms. The van der Waals surface area contributed by atoms with Gasteiger partial charge < -0.3 is 15.0 Å². The van der Waals surface area contributed by atoms with E-state index in [1.807, 2.05) is 58.9 Å². The van der Waals surface area contributed by atoms with Crippen molar-refractivity contribution in [1.29, 1.82) is 0 Å². The molecule has 0 saturated carbocycles. The summed E-state index contributed by atoms with van der Waals surface area (Å²) in [5.41, 5.74) is 5.20. The Kier molecular flexibility index (Phi) is 8.22. The Balaban J connectivity index is 2.00. The van der Waals surface area contributed by atoms with Crippen LogP contribution in [0.25, 0.3) is 11.1 Å². The van der Waals surface area contributed by atoms with Gasteiger partial charge in [0.1, 0.15) is 6.04 Å². The van der Waals surface area contributed by atoms with Crippen molar-refractivity contribution in [3.63, 3.8) is 0 Å². The van der Waals surface area contributed by atoms with Crippen LogP contribution in [-0.4, -0.2) is 26.5 Å². The lowest BCUT2D eigenvalue weighted by molar-refractivity contribution is -0.138. The third-order valence-corrected chi connectivity index (χ3v) is 6.48. The van der Waals surface area contributed by atoms with Gasteiger partial charge in [0.15, 0.2) is 0 Å². The van der Waals surface area contributed by atoms with E-state index in [1.165, 1.54) is 10.6 Å². The van der Waals surface area contributed by atoms with E-state index in [-0.39, 0.29) is 17.9 Å². The minimum absolute atomic E-state index is 0.139. The minimum Gasteiger partial charge on any atom is -0.481 e. The number of aryl methyl sites for hydroxylation is 3. The highest BCUT2D eigenvalue weighted by Crippen LogP contribution is 2.30. The number of nitrogens with one attached hydrogen (secondary N) is 1. The molecule has 0 fully saturated rings. The summed E-state index contributed by atoms with van der Waals surface area (Å²) in [6.45, 7) is 9.72. The van der Waals surface area contributed by atoms with Crippen LogP contribution in [0.2, 0.25) is 0 Å². The highest BCUT2D eigenvalue weighted by Gasteiger charge is 2.30. The molecule has 3 aromatic rings. The maximum absolute atomic E-state index is 13.5. The zero-order chi connectivity index (χ0) is 25.7. The van der Waals surface area contributed by atoms with Crippen molar-refractivity contribution in [2.24, 2.45) is 5.92 Å². The maximum Gasteiger partial charge on any atom is 0.305 e. The molecular formula is C28H33N3O4. The monoisotopic (exact) mass is 475 g/mol. The van der Waals surface area contributed by atoms with Gasteiger partial charge in [-0.05, 0) is 66.6 Å². The number of rotatable bonds is 9. The number of carboxylic acid groups (broad SMARTS) is 1. The Morgan fingerprint density at radius 2 is 1.77 bits per heavy atom. The highest BCUT2D eigenvalue weighted by molar-refractivity contribution is 5.82. The van der Waals surface area contributed by atoms with E-state index in [0.29, 0.717) is 12.0 Å². The number of carbonyl (C=O) groups excluding carboxylic acids is 1. The van der Waals surface area contributed by atoms with Crippen molar-refractivity contribution in [1.82, 2.24) is 14.9 Å². The number of benzene rings is 1. The lowest BCUT2D eigenvalue weighted by atomic mass is 9.94. The summed E-state index contributed by atoms with van der Waals surface area (Å²) >= 11 is 0. The Morgan fingerprint density at radius 1 is 1.09 bits per heavy atom. The van der Waals surface area contributed by atoms with Crippen molar-refractivity contribution >= 4 is 11.9 Å². The average molecular weight is 476 g/mol. The summed E-state index contributed by atoms with van der Waals surface area (Å²) in [5.74, 6) is -1.57. The van der Waals surface area contributed by atoms with Crippen LogP contribution in [0.5, 0.6) is 0 Å². The van der Waals surface area contributed by atoms with Gasteiger partial charge in [-0.15, -0.1) is 0 Å². The number of aromatic nitrogens is 2. The van der Waals surface area contributed by atoms with Gasteiger partial charge in [0.2, 0.25) is 5.91 Å². The minimum atomic E-state index is -1.04. The highest BCUT2D eigenvalue weighted by atomic mass is 16.4. The van der Waals surface area contributed by atoms with Crippen LogP contribution in [-0.2, 0) is 9.59 Å². The summed E-state index contributed by atoms with van der Waals surface area (Å²) in [4.78, 5) is 42.3. The van der Waals surface area contributed by atoms with Gasteiger partial charge in [-0.1, -0.05) is 38.5 Å². The van der Waals surface area contributed by atoms with Gasteiger partial charge >= 0.3 is 5.97 Å². The predicted octanol–water partition coefficient (Wildman–Crippen LogP) is 4.75. The van der Waals surface area contributed by atoms with Crippen LogP contribution in [0.1, 0.15) is 61.0 Å². The summed E-state index contributed by atoms with van der Waals surface area (Å²) in [6.07, 6.45) is 5.32. The quantitative estimate of drug-likeness (QED) is 0.465. The molecule has 0 bridgehead atoms. The van der Waals surface area contributed by atoms with Gasteiger partial charge in [-0.25, -0.2) is 0 Å². The number of nitrogens with zero attached hydrogens (tertiary/aromatic N) is 2. The molecule has 1 aromatic carbocycles. The molecule has 0 aliphatic rings. The number of amides is 1. The first-order valence-corrected chi connectivity index (χ1v) is 11.8. The fraction of sp³-hybridized carbons (Fsp3) is 0.357. The molecule has 2 N–H and O–H groups in total. The predicted molar refractivity (Wildman–Crippen MR) is 136 cm³/mol. The number of hydrogen-bond acceptors (Lipinski definition) is 4. The first-order chi connectivity index (χ1) is 16.6. The summed E-state index contributed by atoms with van der Waals surface area (Å²) in [6, 6.07) is 9.62. The van der Waals surface area contributed by atoms with Gasteiger partial charge in [0, 0.05) is 30.2 Å². The lowest BCUT2D eigenvalue weighted by Gasteiger charge is -2.27. The SMILES string of the molecule is CCC(C)C(C(=O)N[C@@H](CC(=O)O)c1cncc(-c2c(C)cccc2C)c1)n1ccc(C)cc1=O. The Labute approximate surface area is 205 Å². The van der Waals surface area contributed by atoms with Gasteiger partial charge in [-0.3, -0.25) is 19.4 Å². The fourth-order valence-corrected chi connectivity index (χ4v) is 4.44. The molecule has 0 aliphatic carbocycles. The molecule has 0 saturated heterocycles. The summed E-state index contributed by atoms with van der Waals surface area (Å²) in [7, 11) is 0. The van der Waals surface area contributed by atoms with E-state index in [2.05, 4.69) is 10.3 Å². The number of carboxylic acids is 1. The largest absolute Gasteiger partial charge is 0.481 e. The summed E-state index contributed by atoms with van der Waals surface area (Å²) in [5, 5.41) is 12.5. The van der Waals surface area contributed by atoms with Crippen molar-refractivity contribution in [3.8, 4) is 11.1 Å². The number of hydrogen-bond donors (Lipinski definition) is 2. The summed E-state index contributed by atoms with van der Waals surface area (Å²) < 4.78 is 1.43. The molecule has 184 valence electrons. The van der Waals surface area contributed by atoms with E-state index in [4.69, 9.17) is 0 Å². The third kappa shape index (κ3) is 6.04. The lowest BCUT2D eigenvalue weighted by Crippen LogP contribution is -2.42. The van der Waals surface area contributed by atoms with Crippen LogP contribution in [0.3, 0.4) is 0 Å². The molecule has 35 heavy (non-hydrogen) atoms.